The maximum Gasteiger partial charge on any atom is 0.273 e. The number of para-hydroxylation sites is 1. The van der Waals surface area contributed by atoms with Gasteiger partial charge in [-0.15, -0.1) is 0 Å². The van der Waals surface area contributed by atoms with Gasteiger partial charge >= 0.3 is 0 Å². The molecule has 21 heavy (non-hydrogen) atoms. The van der Waals surface area contributed by atoms with Gasteiger partial charge in [-0.25, -0.2) is 0 Å². The Balaban J connectivity index is 2.39. The predicted octanol–water partition coefficient (Wildman–Crippen LogP) is 1.34. The fourth-order valence-electron chi connectivity index (χ4n) is 2.28. The molecular weight excluding hydrogens is 266 g/mol. The Kier molecular flexibility index (Phi) is 3.05. The number of fused-ring (bicyclic) bond motifs is 1. The number of nitrogens with zero attached hydrogens (tertiary/aromatic N) is 2. The van der Waals surface area contributed by atoms with E-state index in [1.54, 1.807) is 35.5 Å². The van der Waals surface area contributed by atoms with Gasteiger partial charge in [0.15, 0.2) is 0 Å². The Labute approximate surface area is 119 Å². The van der Waals surface area contributed by atoms with Crippen LogP contribution >= 0.6 is 0 Å². The third-order valence-electron chi connectivity index (χ3n) is 3.27. The Bertz CT molecular complexity index is 934. The lowest BCUT2D eigenvalue weighted by Gasteiger charge is -2.10. The summed E-state index contributed by atoms with van der Waals surface area (Å²) in [6.45, 7) is 0. The Morgan fingerprint density at radius 3 is 2.43 bits per heavy atom. The Morgan fingerprint density at radius 1 is 1.05 bits per heavy atom. The third-order valence-corrected chi connectivity index (χ3v) is 3.27. The lowest BCUT2D eigenvalue weighted by molar-refractivity contribution is -0.379. The van der Waals surface area contributed by atoms with Crippen LogP contribution in [0.1, 0.15) is 5.56 Å². The van der Waals surface area contributed by atoms with Crippen LogP contribution in [0.25, 0.3) is 16.6 Å². The highest BCUT2D eigenvalue weighted by Gasteiger charge is 2.11. The van der Waals surface area contributed by atoms with E-state index in [4.69, 9.17) is 5.26 Å². The van der Waals surface area contributed by atoms with Gasteiger partial charge in [-0.05, 0) is 24.3 Å². The largest absolute Gasteiger partial charge is 0.276 e. The van der Waals surface area contributed by atoms with Crippen molar-refractivity contribution in [1.82, 2.24) is 4.57 Å². The summed E-state index contributed by atoms with van der Waals surface area (Å²) in [5, 5.41) is 11.7. The monoisotopic (exact) mass is 276 g/mol. The fraction of sp³-hybridized carbons (Fsp3) is 0. The molecular formula is C16H10N3O2+. The number of rotatable bonds is 2. The predicted molar refractivity (Wildman–Crippen MR) is 78.2 cm³/mol. The minimum Gasteiger partial charge on any atom is -0.276 e. The summed E-state index contributed by atoms with van der Waals surface area (Å²) in [7, 11) is 0. The van der Waals surface area contributed by atoms with Crippen molar-refractivity contribution in [3.8, 4) is 11.8 Å². The van der Waals surface area contributed by atoms with Gasteiger partial charge in [-0.1, -0.05) is 18.2 Å². The summed E-state index contributed by atoms with van der Waals surface area (Å²) in [6.07, 6.45) is 0. The molecule has 3 rings (SSSR count). The second-order valence-electron chi connectivity index (χ2n) is 4.52. The number of aromatic nitrogens is 1. The SMILES string of the molecule is N#Cc1cc2ccccc2n(-c2ccc([NH+]=O)cc2)c1=O. The molecule has 0 aliphatic rings. The van der Waals surface area contributed by atoms with E-state index in [0.717, 1.165) is 5.39 Å². The van der Waals surface area contributed by atoms with Crippen molar-refractivity contribution in [2.24, 2.45) is 0 Å². The van der Waals surface area contributed by atoms with E-state index >= 15 is 0 Å². The molecule has 0 amide bonds. The molecule has 1 heterocycles. The van der Waals surface area contributed by atoms with Crippen LogP contribution in [0.4, 0.5) is 5.69 Å². The zero-order valence-electron chi connectivity index (χ0n) is 10.9. The molecule has 0 saturated carbocycles. The minimum absolute atomic E-state index is 0.0831. The second-order valence-corrected chi connectivity index (χ2v) is 4.52. The molecule has 0 aliphatic heterocycles. The Morgan fingerprint density at radius 2 is 1.76 bits per heavy atom. The van der Waals surface area contributed by atoms with E-state index in [2.05, 4.69) is 0 Å². The van der Waals surface area contributed by atoms with Gasteiger partial charge in [0.1, 0.15) is 11.6 Å². The summed E-state index contributed by atoms with van der Waals surface area (Å²) in [5.41, 5.74) is 1.43. The van der Waals surface area contributed by atoms with Crippen molar-refractivity contribution in [1.29, 1.82) is 5.26 Å². The van der Waals surface area contributed by atoms with Crippen molar-refractivity contribution in [3.05, 3.63) is 75.4 Å². The van der Waals surface area contributed by atoms with Crippen LogP contribution in [0.2, 0.25) is 0 Å². The minimum atomic E-state index is -0.376. The lowest BCUT2D eigenvalue weighted by atomic mass is 10.1. The molecule has 0 spiro atoms. The number of nitroso groups, excluding NO2 is 1. The summed E-state index contributed by atoms with van der Waals surface area (Å²) in [6, 6.07) is 17.4. The molecule has 3 aromatic rings. The van der Waals surface area contributed by atoms with Crippen molar-refractivity contribution in [2.45, 2.75) is 0 Å². The van der Waals surface area contributed by atoms with Crippen molar-refractivity contribution in [3.63, 3.8) is 0 Å². The van der Waals surface area contributed by atoms with Gasteiger partial charge in [0, 0.05) is 33.3 Å². The summed E-state index contributed by atoms with van der Waals surface area (Å²) >= 11 is 0. The molecule has 0 fully saturated rings. The van der Waals surface area contributed by atoms with Crippen LogP contribution in [0, 0.1) is 16.2 Å². The molecule has 1 N–H and O–H groups in total. The van der Waals surface area contributed by atoms with E-state index in [0.29, 0.717) is 16.9 Å². The lowest BCUT2D eigenvalue weighted by Crippen LogP contribution is -2.55. The van der Waals surface area contributed by atoms with Gasteiger partial charge in [-0.2, -0.15) is 5.26 Å². The molecule has 5 nitrogen and oxygen atoms in total. The molecule has 0 aliphatic carbocycles. The highest BCUT2D eigenvalue weighted by molar-refractivity contribution is 5.82. The first-order valence-corrected chi connectivity index (χ1v) is 6.28. The molecule has 2 aromatic carbocycles. The number of nitriles is 1. The highest BCUT2D eigenvalue weighted by Crippen LogP contribution is 2.18. The molecule has 0 bridgehead atoms. The quantitative estimate of drug-likeness (QED) is 0.767. The van der Waals surface area contributed by atoms with Gasteiger partial charge < -0.3 is 0 Å². The van der Waals surface area contributed by atoms with Crippen molar-refractivity contribution < 1.29 is 5.18 Å². The van der Waals surface area contributed by atoms with Gasteiger partial charge in [0.25, 0.3) is 11.2 Å². The average molecular weight is 276 g/mol. The van der Waals surface area contributed by atoms with Crippen LogP contribution < -0.4 is 10.7 Å². The molecule has 5 heteroatoms. The molecule has 0 saturated heterocycles. The first-order valence-electron chi connectivity index (χ1n) is 6.28. The standard InChI is InChI=1S/C16H9N3O2/c17-10-12-9-11-3-1-2-4-15(11)19(16(12)20)14-7-5-13(18-21)6-8-14/h1-9H/p+1. The normalized spacial score (nSPS) is 10.2. The van der Waals surface area contributed by atoms with Crippen LogP contribution in [-0.2, 0) is 0 Å². The molecule has 0 unspecified atom stereocenters. The number of nitrogens with one attached hydrogen (secondary N) is 1. The first-order chi connectivity index (χ1) is 10.2. The zero-order valence-corrected chi connectivity index (χ0v) is 10.9. The summed E-state index contributed by atoms with van der Waals surface area (Å²) in [4.78, 5) is 23.0. The highest BCUT2D eigenvalue weighted by atomic mass is 16.3. The van der Waals surface area contributed by atoms with Gasteiger partial charge in [0.05, 0.1) is 5.52 Å². The van der Waals surface area contributed by atoms with Crippen molar-refractivity contribution >= 4 is 16.6 Å². The number of hydrogen-bond acceptors (Lipinski definition) is 3. The zero-order chi connectivity index (χ0) is 14.8. The molecule has 100 valence electrons. The van der Waals surface area contributed by atoms with E-state index in [9.17, 15) is 9.70 Å². The van der Waals surface area contributed by atoms with Crippen LogP contribution in [0.3, 0.4) is 0 Å². The summed E-state index contributed by atoms with van der Waals surface area (Å²) in [5.74, 6) is 0. The van der Waals surface area contributed by atoms with E-state index in [-0.39, 0.29) is 11.1 Å². The topological polar surface area (TPSA) is 76.8 Å². The summed E-state index contributed by atoms with van der Waals surface area (Å²) < 4.78 is 1.47. The number of pyridine rings is 1. The molecule has 0 atom stereocenters. The second kappa shape index (κ2) is 5.02. The average Bonchev–Trinajstić information content (AvgIpc) is 2.54. The van der Waals surface area contributed by atoms with Crippen LogP contribution in [-0.4, -0.2) is 4.57 Å². The van der Waals surface area contributed by atoms with E-state index in [1.165, 1.54) is 4.57 Å². The maximum absolute atomic E-state index is 12.4. The number of hydrogen-bond donors (Lipinski definition) is 1. The number of benzene rings is 2. The fourth-order valence-corrected chi connectivity index (χ4v) is 2.28. The molecule has 0 radical (unpaired) electrons. The van der Waals surface area contributed by atoms with E-state index in [1.807, 2.05) is 30.3 Å². The third kappa shape index (κ3) is 2.09. The van der Waals surface area contributed by atoms with Crippen LogP contribution in [0.15, 0.2) is 59.4 Å². The molecule has 1 aromatic heterocycles. The van der Waals surface area contributed by atoms with Crippen LogP contribution in [0.5, 0.6) is 0 Å². The Hall–Kier alpha value is -3.26. The van der Waals surface area contributed by atoms with E-state index < -0.39 is 0 Å². The smallest absolute Gasteiger partial charge is 0.273 e. The van der Waals surface area contributed by atoms with Crippen molar-refractivity contribution in [2.75, 3.05) is 0 Å². The first kappa shape index (κ1) is 12.8. The van der Waals surface area contributed by atoms with Gasteiger partial charge in [-0.3, -0.25) is 9.36 Å². The van der Waals surface area contributed by atoms with Gasteiger partial charge in [0.2, 0.25) is 0 Å². The maximum atomic E-state index is 12.4.